The molecule has 0 spiro atoms. The van der Waals surface area contributed by atoms with Crippen LogP contribution >= 0.6 is 0 Å². The first-order valence-corrected chi connectivity index (χ1v) is 7.81. The molecule has 0 aliphatic heterocycles. The third kappa shape index (κ3) is 4.73. The van der Waals surface area contributed by atoms with E-state index < -0.39 is 0 Å². The van der Waals surface area contributed by atoms with Crippen molar-refractivity contribution >= 4 is 0 Å². The Morgan fingerprint density at radius 2 is 1.74 bits per heavy atom. The van der Waals surface area contributed by atoms with Gasteiger partial charge in [-0.3, -0.25) is 0 Å². The molecule has 0 aromatic rings. The molecule has 1 saturated carbocycles. The van der Waals surface area contributed by atoms with Crippen LogP contribution in [0, 0.1) is 11.3 Å². The molecule has 1 fully saturated rings. The van der Waals surface area contributed by atoms with Crippen molar-refractivity contribution in [3.05, 3.63) is 0 Å². The summed E-state index contributed by atoms with van der Waals surface area (Å²) >= 11 is 0. The SMILES string of the molecule is CCC(C)(C)C1CCC(O)CC1N(C)CCN(C)C. The summed E-state index contributed by atoms with van der Waals surface area (Å²) in [7, 11) is 6.47. The largest absolute Gasteiger partial charge is 0.393 e. The number of aliphatic hydroxyl groups excluding tert-OH is 1. The zero-order chi connectivity index (χ0) is 14.6. The van der Waals surface area contributed by atoms with E-state index in [1.165, 1.54) is 12.8 Å². The summed E-state index contributed by atoms with van der Waals surface area (Å²) in [5.74, 6) is 0.702. The van der Waals surface area contributed by atoms with E-state index >= 15 is 0 Å². The highest BCUT2D eigenvalue weighted by molar-refractivity contribution is 4.92. The van der Waals surface area contributed by atoms with E-state index in [-0.39, 0.29) is 6.10 Å². The fourth-order valence-corrected chi connectivity index (χ4v) is 3.31. The van der Waals surface area contributed by atoms with Gasteiger partial charge in [-0.15, -0.1) is 0 Å². The molecule has 1 rings (SSSR count). The van der Waals surface area contributed by atoms with Crippen molar-refractivity contribution in [2.24, 2.45) is 11.3 Å². The van der Waals surface area contributed by atoms with E-state index in [0.717, 1.165) is 25.9 Å². The van der Waals surface area contributed by atoms with E-state index in [2.05, 4.69) is 51.7 Å². The summed E-state index contributed by atoms with van der Waals surface area (Å²) in [6.07, 6.45) is 4.20. The van der Waals surface area contributed by atoms with Gasteiger partial charge in [0.05, 0.1) is 6.10 Å². The molecule has 3 atom stereocenters. The molecule has 3 heteroatoms. The predicted molar refractivity (Wildman–Crippen MR) is 82.4 cm³/mol. The highest BCUT2D eigenvalue weighted by Crippen LogP contribution is 2.42. The minimum atomic E-state index is -0.101. The van der Waals surface area contributed by atoms with Crippen molar-refractivity contribution < 1.29 is 5.11 Å². The van der Waals surface area contributed by atoms with E-state index in [1.807, 2.05) is 0 Å². The van der Waals surface area contributed by atoms with Gasteiger partial charge in [-0.2, -0.15) is 0 Å². The van der Waals surface area contributed by atoms with Crippen molar-refractivity contribution in [1.82, 2.24) is 9.80 Å². The quantitative estimate of drug-likeness (QED) is 0.803. The Labute approximate surface area is 120 Å². The van der Waals surface area contributed by atoms with Crippen LogP contribution in [-0.2, 0) is 0 Å². The second-order valence-electron chi connectivity index (χ2n) is 7.27. The van der Waals surface area contributed by atoms with E-state index in [0.29, 0.717) is 17.4 Å². The van der Waals surface area contributed by atoms with Crippen molar-refractivity contribution in [1.29, 1.82) is 0 Å². The van der Waals surface area contributed by atoms with Gasteiger partial charge in [-0.05, 0) is 51.7 Å². The predicted octanol–water partition coefficient (Wildman–Crippen LogP) is 2.45. The summed E-state index contributed by atoms with van der Waals surface area (Å²) in [6.45, 7) is 9.25. The Balaban J connectivity index is 2.72. The minimum absolute atomic E-state index is 0.101. The van der Waals surface area contributed by atoms with Crippen LogP contribution in [0.4, 0.5) is 0 Å². The van der Waals surface area contributed by atoms with Crippen LogP contribution in [0.15, 0.2) is 0 Å². The lowest BCUT2D eigenvalue weighted by Gasteiger charge is -2.47. The number of hydrogen-bond donors (Lipinski definition) is 1. The number of hydrogen-bond acceptors (Lipinski definition) is 3. The first-order chi connectivity index (χ1) is 8.77. The molecule has 1 aliphatic rings. The van der Waals surface area contributed by atoms with Crippen LogP contribution in [0.25, 0.3) is 0 Å². The van der Waals surface area contributed by atoms with Crippen molar-refractivity contribution in [2.45, 2.75) is 58.6 Å². The highest BCUT2D eigenvalue weighted by Gasteiger charge is 2.40. The van der Waals surface area contributed by atoms with Crippen molar-refractivity contribution in [3.8, 4) is 0 Å². The molecule has 114 valence electrons. The Morgan fingerprint density at radius 3 is 2.26 bits per heavy atom. The van der Waals surface area contributed by atoms with Crippen molar-refractivity contribution in [3.63, 3.8) is 0 Å². The second-order valence-corrected chi connectivity index (χ2v) is 7.27. The molecule has 1 N–H and O–H groups in total. The maximum Gasteiger partial charge on any atom is 0.0555 e. The molecule has 1 aliphatic carbocycles. The third-order valence-electron chi connectivity index (χ3n) is 5.17. The summed E-state index contributed by atoms with van der Waals surface area (Å²) in [5, 5.41) is 10.0. The lowest BCUT2D eigenvalue weighted by molar-refractivity contribution is -0.0104. The lowest BCUT2D eigenvalue weighted by Crippen LogP contribution is -2.50. The van der Waals surface area contributed by atoms with E-state index in [9.17, 15) is 5.11 Å². The average Bonchev–Trinajstić information content (AvgIpc) is 2.35. The molecule has 0 aromatic heterocycles. The molecule has 19 heavy (non-hydrogen) atoms. The molecule has 0 heterocycles. The smallest absolute Gasteiger partial charge is 0.0555 e. The van der Waals surface area contributed by atoms with Gasteiger partial charge in [-0.1, -0.05) is 27.2 Å². The molecule has 0 aromatic carbocycles. The first-order valence-electron chi connectivity index (χ1n) is 7.81. The van der Waals surface area contributed by atoms with E-state index in [1.54, 1.807) is 0 Å². The average molecular weight is 270 g/mol. The molecular formula is C16H34N2O. The zero-order valence-electron chi connectivity index (χ0n) is 13.8. The van der Waals surface area contributed by atoms with Gasteiger partial charge in [-0.25, -0.2) is 0 Å². The van der Waals surface area contributed by atoms with Crippen LogP contribution in [0.3, 0.4) is 0 Å². The summed E-state index contributed by atoms with van der Waals surface area (Å²) in [6, 6.07) is 0.527. The molecule has 0 amide bonds. The monoisotopic (exact) mass is 270 g/mol. The van der Waals surface area contributed by atoms with Gasteiger partial charge >= 0.3 is 0 Å². The maximum atomic E-state index is 10.0. The fraction of sp³-hybridized carbons (Fsp3) is 1.00. The fourth-order valence-electron chi connectivity index (χ4n) is 3.31. The minimum Gasteiger partial charge on any atom is -0.393 e. The molecule has 3 nitrogen and oxygen atoms in total. The summed E-state index contributed by atoms with van der Waals surface area (Å²) in [4.78, 5) is 4.71. The molecule has 0 radical (unpaired) electrons. The standard InChI is InChI=1S/C16H34N2O/c1-7-16(2,3)14-9-8-13(19)12-15(14)18(6)11-10-17(4)5/h13-15,19H,7-12H2,1-6H3. The van der Waals surface area contributed by atoms with Gasteiger partial charge in [0.1, 0.15) is 0 Å². The topological polar surface area (TPSA) is 26.7 Å². The Kier molecular flexibility index (Phi) is 6.28. The van der Waals surface area contributed by atoms with Crippen LogP contribution in [-0.4, -0.2) is 61.3 Å². The van der Waals surface area contributed by atoms with Crippen LogP contribution in [0.5, 0.6) is 0 Å². The number of nitrogens with zero attached hydrogens (tertiary/aromatic N) is 2. The van der Waals surface area contributed by atoms with Crippen LogP contribution in [0.2, 0.25) is 0 Å². The number of likely N-dealkylation sites (N-methyl/N-ethyl adjacent to an activating group) is 2. The van der Waals surface area contributed by atoms with E-state index in [4.69, 9.17) is 0 Å². The maximum absolute atomic E-state index is 10.0. The van der Waals surface area contributed by atoms with Crippen molar-refractivity contribution in [2.75, 3.05) is 34.2 Å². The zero-order valence-corrected chi connectivity index (χ0v) is 13.8. The Hall–Kier alpha value is -0.120. The summed E-state index contributed by atoms with van der Waals surface area (Å²) < 4.78 is 0. The number of rotatable bonds is 6. The van der Waals surface area contributed by atoms with Crippen LogP contribution in [0.1, 0.15) is 46.5 Å². The first kappa shape index (κ1) is 16.9. The van der Waals surface area contributed by atoms with Gasteiger partial charge in [0.2, 0.25) is 0 Å². The van der Waals surface area contributed by atoms with Gasteiger partial charge in [0, 0.05) is 19.1 Å². The van der Waals surface area contributed by atoms with Crippen LogP contribution < -0.4 is 0 Å². The third-order valence-corrected chi connectivity index (χ3v) is 5.17. The highest BCUT2D eigenvalue weighted by atomic mass is 16.3. The lowest BCUT2D eigenvalue weighted by atomic mass is 9.66. The Morgan fingerprint density at radius 1 is 1.11 bits per heavy atom. The normalized spacial score (nSPS) is 29.2. The second kappa shape index (κ2) is 7.05. The summed E-state index contributed by atoms with van der Waals surface area (Å²) in [5.41, 5.74) is 0.372. The van der Waals surface area contributed by atoms with Gasteiger partial charge in [0.25, 0.3) is 0 Å². The molecule has 0 saturated heterocycles. The molecule has 3 unspecified atom stereocenters. The molecular weight excluding hydrogens is 236 g/mol. The van der Waals surface area contributed by atoms with Gasteiger partial charge in [0.15, 0.2) is 0 Å². The Bertz CT molecular complexity index is 265. The number of aliphatic hydroxyl groups is 1. The van der Waals surface area contributed by atoms with Gasteiger partial charge < -0.3 is 14.9 Å². The molecule has 0 bridgehead atoms.